The summed E-state index contributed by atoms with van der Waals surface area (Å²) in [5.41, 5.74) is 2.35. The molecule has 0 fully saturated rings. The molecule has 2 rings (SSSR count). The second-order valence-corrected chi connectivity index (χ2v) is 4.23. The molecule has 0 saturated carbocycles. The van der Waals surface area contributed by atoms with Crippen molar-refractivity contribution in [2.24, 2.45) is 0 Å². The van der Waals surface area contributed by atoms with Gasteiger partial charge in [0.05, 0.1) is 13.2 Å². The van der Waals surface area contributed by atoms with Crippen LogP contribution in [0, 0.1) is 0 Å². The topological polar surface area (TPSA) is 56.3 Å². The highest BCUT2D eigenvalue weighted by molar-refractivity contribution is 5.39. The summed E-state index contributed by atoms with van der Waals surface area (Å²) in [7, 11) is 1.70. The van der Waals surface area contributed by atoms with Crippen molar-refractivity contribution in [1.29, 1.82) is 0 Å². The molecule has 0 radical (unpaired) electrons. The number of nitrogens with one attached hydrogen (secondary N) is 1. The largest absolute Gasteiger partial charge is 0.478 e. The fourth-order valence-corrected chi connectivity index (χ4v) is 1.88. The molecule has 2 aromatic rings. The zero-order chi connectivity index (χ0) is 14.2. The average molecular weight is 273 g/mol. The van der Waals surface area contributed by atoms with Gasteiger partial charge in [0.25, 0.3) is 0 Å². The van der Waals surface area contributed by atoms with Crippen LogP contribution in [0.2, 0.25) is 0 Å². The normalized spacial score (nSPS) is 10.3. The summed E-state index contributed by atoms with van der Waals surface area (Å²) in [6, 6.07) is 9.96. The minimum atomic E-state index is 0.579. The molecule has 0 bridgehead atoms. The van der Waals surface area contributed by atoms with Crippen LogP contribution in [0.5, 0.6) is 5.88 Å². The third-order valence-electron chi connectivity index (χ3n) is 2.81. The maximum absolute atomic E-state index is 5.35. The molecule has 1 aromatic heterocycles. The second kappa shape index (κ2) is 7.45. The van der Waals surface area contributed by atoms with Gasteiger partial charge in [-0.25, -0.2) is 9.97 Å². The van der Waals surface area contributed by atoms with E-state index in [4.69, 9.17) is 9.47 Å². The van der Waals surface area contributed by atoms with Crippen molar-refractivity contribution >= 4 is 5.82 Å². The Balaban J connectivity index is 2.03. The van der Waals surface area contributed by atoms with Crippen LogP contribution in [0.1, 0.15) is 18.1 Å². The standard InChI is InChI=1S/C15H19N3O2/c1-3-20-15-8-14(17-11-18-15)16-9-12-6-4-5-7-13(12)10-19-2/h4-8,11H,3,9-10H2,1-2H3,(H,16,17,18). The number of methoxy groups -OCH3 is 1. The molecule has 0 amide bonds. The van der Waals surface area contributed by atoms with Crippen LogP contribution in [0.3, 0.4) is 0 Å². The maximum Gasteiger partial charge on any atom is 0.218 e. The quantitative estimate of drug-likeness (QED) is 0.840. The van der Waals surface area contributed by atoms with Crippen LogP contribution in [-0.4, -0.2) is 23.7 Å². The summed E-state index contributed by atoms with van der Waals surface area (Å²) in [6.45, 7) is 3.80. The Labute approximate surface area is 119 Å². The van der Waals surface area contributed by atoms with E-state index in [9.17, 15) is 0 Å². The SMILES string of the molecule is CCOc1cc(NCc2ccccc2COC)ncn1. The molecule has 0 aliphatic carbocycles. The van der Waals surface area contributed by atoms with E-state index >= 15 is 0 Å². The van der Waals surface area contributed by atoms with Gasteiger partial charge in [-0.1, -0.05) is 24.3 Å². The second-order valence-electron chi connectivity index (χ2n) is 4.23. The monoisotopic (exact) mass is 273 g/mol. The lowest BCUT2D eigenvalue weighted by Gasteiger charge is -2.11. The minimum Gasteiger partial charge on any atom is -0.478 e. The Bertz CT molecular complexity index is 546. The summed E-state index contributed by atoms with van der Waals surface area (Å²) >= 11 is 0. The average Bonchev–Trinajstić information content (AvgIpc) is 2.47. The molecule has 1 heterocycles. The molecule has 0 saturated heterocycles. The highest BCUT2D eigenvalue weighted by Crippen LogP contribution is 2.14. The van der Waals surface area contributed by atoms with Crippen molar-refractivity contribution in [2.75, 3.05) is 19.0 Å². The molecule has 0 spiro atoms. The summed E-state index contributed by atoms with van der Waals surface area (Å²) in [5, 5.41) is 3.27. The van der Waals surface area contributed by atoms with Crippen LogP contribution in [0.25, 0.3) is 0 Å². The van der Waals surface area contributed by atoms with Crippen LogP contribution >= 0.6 is 0 Å². The zero-order valence-corrected chi connectivity index (χ0v) is 11.8. The molecule has 1 N–H and O–H groups in total. The lowest BCUT2D eigenvalue weighted by molar-refractivity contribution is 0.184. The van der Waals surface area contributed by atoms with E-state index in [1.165, 1.54) is 17.5 Å². The molecule has 0 atom stereocenters. The Morgan fingerprint density at radius 3 is 2.70 bits per heavy atom. The smallest absolute Gasteiger partial charge is 0.218 e. The predicted octanol–water partition coefficient (Wildman–Crippen LogP) is 2.63. The van der Waals surface area contributed by atoms with Crippen molar-refractivity contribution in [1.82, 2.24) is 9.97 Å². The number of anilines is 1. The van der Waals surface area contributed by atoms with Gasteiger partial charge in [0.1, 0.15) is 12.1 Å². The fraction of sp³-hybridized carbons (Fsp3) is 0.333. The third-order valence-corrected chi connectivity index (χ3v) is 2.81. The maximum atomic E-state index is 5.35. The van der Waals surface area contributed by atoms with E-state index in [0.29, 0.717) is 25.6 Å². The lowest BCUT2D eigenvalue weighted by Crippen LogP contribution is -2.05. The highest BCUT2D eigenvalue weighted by Gasteiger charge is 2.03. The first kappa shape index (κ1) is 14.3. The molecule has 5 heteroatoms. The summed E-state index contributed by atoms with van der Waals surface area (Å²) < 4.78 is 10.5. The van der Waals surface area contributed by atoms with Gasteiger partial charge >= 0.3 is 0 Å². The van der Waals surface area contributed by atoms with Crippen molar-refractivity contribution in [3.8, 4) is 5.88 Å². The van der Waals surface area contributed by atoms with Crippen LogP contribution in [0.15, 0.2) is 36.7 Å². The van der Waals surface area contributed by atoms with Gasteiger partial charge in [0.15, 0.2) is 0 Å². The Kier molecular flexibility index (Phi) is 5.32. The van der Waals surface area contributed by atoms with Crippen molar-refractivity contribution in [3.05, 3.63) is 47.8 Å². The summed E-state index contributed by atoms with van der Waals surface area (Å²) in [4.78, 5) is 8.22. The molecule has 20 heavy (non-hydrogen) atoms. The van der Waals surface area contributed by atoms with Crippen molar-refractivity contribution in [2.45, 2.75) is 20.1 Å². The number of hydrogen-bond acceptors (Lipinski definition) is 5. The van der Waals surface area contributed by atoms with E-state index in [0.717, 1.165) is 5.82 Å². The number of nitrogens with zero attached hydrogens (tertiary/aromatic N) is 2. The van der Waals surface area contributed by atoms with Crippen molar-refractivity contribution in [3.63, 3.8) is 0 Å². The third kappa shape index (κ3) is 3.93. The number of aromatic nitrogens is 2. The molecular weight excluding hydrogens is 254 g/mol. The van der Waals surface area contributed by atoms with Gasteiger partial charge in [-0.15, -0.1) is 0 Å². The van der Waals surface area contributed by atoms with Gasteiger partial charge in [-0.05, 0) is 18.1 Å². The molecule has 5 nitrogen and oxygen atoms in total. The Morgan fingerprint density at radius 1 is 1.15 bits per heavy atom. The van der Waals surface area contributed by atoms with Crippen LogP contribution < -0.4 is 10.1 Å². The highest BCUT2D eigenvalue weighted by atomic mass is 16.5. The number of benzene rings is 1. The molecular formula is C15H19N3O2. The van der Waals surface area contributed by atoms with Crippen LogP contribution in [-0.2, 0) is 17.9 Å². The van der Waals surface area contributed by atoms with E-state index < -0.39 is 0 Å². The fourth-order valence-electron chi connectivity index (χ4n) is 1.88. The van der Waals surface area contributed by atoms with E-state index in [1.54, 1.807) is 13.2 Å². The molecule has 106 valence electrons. The minimum absolute atomic E-state index is 0.579. The number of rotatable bonds is 7. The predicted molar refractivity (Wildman–Crippen MR) is 77.7 cm³/mol. The van der Waals surface area contributed by atoms with Gasteiger partial charge < -0.3 is 14.8 Å². The molecule has 0 aliphatic heterocycles. The van der Waals surface area contributed by atoms with Gasteiger partial charge in [-0.2, -0.15) is 0 Å². The lowest BCUT2D eigenvalue weighted by atomic mass is 10.1. The van der Waals surface area contributed by atoms with Gasteiger partial charge in [0, 0.05) is 19.7 Å². The van der Waals surface area contributed by atoms with Crippen LogP contribution in [0.4, 0.5) is 5.82 Å². The van der Waals surface area contributed by atoms with Gasteiger partial charge in [-0.3, -0.25) is 0 Å². The van der Waals surface area contributed by atoms with Gasteiger partial charge in [0.2, 0.25) is 5.88 Å². The molecule has 0 aliphatic rings. The summed E-state index contributed by atoms with van der Waals surface area (Å²) in [5.74, 6) is 1.32. The Morgan fingerprint density at radius 2 is 1.95 bits per heavy atom. The van der Waals surface area contributed by atoms with E-state index in [-0.39, 0.29) is 0 Å². The van der Waals surface area contributed by atoms with E-state index in [2.05, 4.69) is 27.4 Å². The zero-order valence-electron chi connectivity index (χ0n) is 11.8. The molecule has 0 unspecified atom stereocenters. The number of ether oxygens (including phenoxy) is 2. The first-order chi connectivity index (χ1) is 9.83. The molecule has 1 aromatic carbocycles. The first-order valence-electron chi connectivity index (χ1n) is 6.58. The number of hydrogen-bond donors (Lipinski definition) is 1. The van der Waals surface area contributed by atoms with Crippen molar-refractivity contribution < 1.29 is 9.47 Å². The first-order valence-corrected chi connectivity index (χ1v) is 6.58. The summed E-state index contributed by atoms with van der Waals surface area (Å²) in [6.07, 6.45) is 1.49. The van der Waals surface area contributed by atoms with E-state index in [1.807, 2.05) is 19.1 Å². The Hall–Kier alpha value is -2.14.